The SMILES string of the molecule is CC1(C)c2ccccc2-c2ccc(N(c3ccc(-c4ccccc4)cc3)c3ccc(-c4ccc5c(c4)c4ccccc4n5-c4cc(OCCOC5Cc6ccccc65)cc(OCCOC5Cc6ccccc65)c4)cc3)cc21. The second-order valence-electron chi connectivity index (χ2n) is 21.2. The van der Waals surface area contributed by atoms with Crippen molar-refractivity contribution in [1.82, 2.24) is 4.57 Å². The van der Waals surface area contributed by atoms with Crippen LogP contribution in [-0.2, 0) is 27.7 Å². The van der Waals surface area contributed by atoms with Crippen LogP contribution in [0, 0.1) is 0 Å². The summed E-state index contributed by atoms with van der Waals surface area (Å²) in [5, 5.41) is 2.34. The third-order valence-electron chi connectivity index (χ3n) is 16.3. The zero-order valence-corrected chi connectivity index (χ0v) is 43.4. The first kappa shape index (κ1) is 46.8. The highest BCUT2D eigenvalue weighted by Gasteiger charge is 2.36. The van der Waals surface area contributed by atoms with Crippen LogP contribution in [0.1, 0.15) is 59.4 Å². The van der Waals surface area contributed by atoms with E-state index in [0.29, 0.717) is 26.4 Å². The number of nitrogens with zero attached hydrogens (tertiary/aromatic N) is 2. The van der Waals surface area contributed by atoms with E-state index < -0.39 is 0 Å². The Kier molecular flexibility index (Phi) is 11.8. The summed E-state index contributed by atoms with van der Waals surface area (Å²) >= 11 is 0. The van der Waals surface area contributed by atoms with Crippen LogP contribution in [0.4, 0.5) is 17.1 Å². The smallest absolute Gasteiger partial charge is 0.125 e. The molecule has 3 aliphatic rings. The molecular weight excluding hydrogens is 945 g/mol. The molecule has 2 atom stereocenters. The fraction of sp³-hybridized carbons (Fsp3) is 0.155. The van der Waals surface area contributed by atoms with Gasteiger partial charge in [0.1, 0.15) is 24.7 Å². The number of aromatic nitrogens is 1. The summed E-state index contributed by atoms with van der Waals surface area (Å²) < 4.78 is 27.9. The van der Waals surface area contributed by atoms with Gasteiger partial charge in [-0.2, -0.15) is 0 Å². The lowest BCUT2D eigenvalue weighted by molar-refractivity contribution is 0.0184. The van der Waals surface area contributed by atoms with Crippen LogP contribution in [0.2, 0.25) is 0 Å². The maximum absolute atomic E-state index is 6.50. The molecule has 0 N–H and O–H groups in total. The van der Waals surface area contributed by atoms with E-state index in [1.807, 2.05) is 6.07 Å². The fourth-order valence-corrected chi connectivity index (χ4v) is 12.2. The predicted molar refractivity (Wildman–Crippen MR) is 313 cm³/mol. The van der Waals surface area contributed by atoms with Crippen LogP contribution in [0.25, 0.3) is 60.9 Å². The second kappa shape index (κ2) is 19.5. The number of anilines is 3. The zero-order chi connectivity index (χ0) is 51.5. The molecule has 1 aromatic heterocycles. The predicted octanol–water partition coefficient (Wildman–Crippen LogP) is 17.3. The van der Waals surface area contributed by atoms with E-state index in [1.54, 1.807) is 0 Å². The van der Waals surface area contributed by atoms with Crippen LogP contribution >= 0.6 is 0 Å². The molecule has 6 nitrogen and oxygen atoms in total. The molecule has 0 saturated carbocycles. The van der Waals surface area contributed by atoms with Crippen LogP contribution in [0.5, 0.6) is 11.5 Å². The number of benzene rings is 10. The summed E-state index contributed by atoms with van der Waals surface area (Å²) in [4.78, 5) is 2.39. The van der Waals surface area contributed by atoms with Crippen molar-refractivity contribution in [2.75, 3.05) is 31.3 Å². The number of hydrogen-bond acceptors (Lipinski definition) is 5. The number of fused-ring (bicyclic) bond motifs is 8. The average Bonchev–Trinajstić information content (AvgIpc) is 4.10. The molecule has 14 rings (SSSR count). The molecule has 0 radical (unpaired) electrons. The van der Waals surface area contributed by atoms with E-state index in [0.717, 1.165) is 69.3 Å². The van der Waals surface area contributed by atoms with Crippen molar-refractivity contribution in [1.29, 1.82) is 0 Å². The molecule has 77 heavy (non-hydrogen) atoms. The number of hydrogen-bond donors (Lipinski definition) is 0. The minimum absolute atomic E-state index is 0.114. The lowest BCUT2D eigenvalue weighted by Crippen LogP contribution is -2.22. The van der Waals surface area contributed by atoms with Crippen LogP contribution in [-0.4, -0.2) is 31.0 Å². The summed E-state index contributed by atoms with van der Waals surface area (Å²) in [6.45, 7) is 6.50. The second-order valence-corrected chi connectivity index (χ2v) is 21.2. The molecule has 3 aliphatic carbocycles. The van der Waals surface area contributed by atoms with Gasteiger partial charge in [0.15, 0.2) is 0 Å². The van der Waals surface area contributed by atoms with Gasteiger partial charge in [-0.25, -0.2) is 0 Å². The van der Waals surface area contributed by atoms with E-state index >= 15 is 0 Å². The van der Waals surface area contributed by atoms with E-state index in [-0.39, 0.29) is 17.6 Å². The average molecular weight is 1000 g/mol. The molecule has 0 saturated heterocycles. The van der Waals surface area contributed by atoms with Gasteiger partial charge in [0.25, 0.3) is 0 Å². The number of para-hydroxylation sites is 1. The highest BCUT2D eigenvalue weighted by Crippen LogP contribution is 2.51. The van der Waals surface area contributed by atoms with Gasteiger partial charge in [-0.05, 0) is 121 Å². The van der Waals surface area contributed by atoms with Crippen LogP contribution in [0.3, 0.4) is 0 Å². The molecule has 0 bridgehead atoms. The monoisotopic (exact) mass is 1000 g/mol. The Balaban J connectivity index is 0.775. The van der Waals surface area contributed by atoms with Gasteiger partial charge < -0.3 is 28.4 Å². The quantitative estimate of drug-likeness (QED) is 0.0903. The van der Waals surface area contributed by atoms with Crippen molar-refractivity contribution in [2.24, 2.45) is 0 Å². The molecule has 2 unspecified atom stereocenters. The van der Waals surface area contributed by atoms with E-state index in [2.05, 4.69) is 248 Å². The van der Waals surface area contributed by atoms with E-state index in [4.69, 9.17) is 18.9 Å². The van der Waals surface area contributed by atoms with Crippen LogP contribution < -0.4 is 14.4 Å². The summed E-state index contributed by atoms with van der Waals surface area (Å²) in [5.41, 5.74) is 21.7. The maximum atomic E-state index is 6.50. The van der Waals surface area contributed by atoms with Crippen LogP contribution in [0.15, 0.2) is 231 Å². The Morgan fingerprint density at radius 3 is 1.60 bits per heavy atom. The molecule has 11 aromatic rings. The normalized spacial score (nSPS) is 15.5. The Morgan fingerprint density at radius 2 is 0.935 bits per heavy atom. The summed E-state index contributed by atoms with van der Waals surface area (Å²) in [5.74, 6) is 1.45. The van der Waals surface area contributed by atoms with Crippen molar-refractivity contribution in [2.45, 2.75) is 44.3 Å². The van der Waals surface area contributed by atoms with Crippen molar-refractivity contribution in [3.63, 3.8) is 0 Å². The topological polar surface area (TPSA) is 45.1 Å². The number of ether oxygens (including phenoxy) is 4. The molecule has 0 fully saturated rings. The standard InChI is InChI=1S/C71H58N2O4/c1-71(2)65-22-12-10-20-61(65)62-34-33-55(45-66(62)71)72(53-29-24-48(25-30-53)47-14-4-3-5-15-47)54-31-26-49(27-32-54)50-28-35-68-64(40-50)63-21-11-13-23-67(63)73(68)56-43-57(74-36-38-76-69-41-51-16-6-8-18-59(51)69)46-58(44-56)75-37-39-77-70-42-52-17-7-9-19-60(52)70/h3-35,40,43-46,69-70H,36-39,41-42H2,1-2H3. The third-order valence-corrected chi connectivity index (χ3v) is 16.3. The molecular formula is C71H58N2O4. The first-order valence-corrected chi connectivity index (χ1v) is 27.0. The van der Waals surface area contributed by atoms with Crippen molar-refractivity contribution >= 4 is 38.9 Å². The van der Waals surface area contributed by atoms with Gasteiger partial charge in [-0.3, -0.25) is 0 Å². The van der Waals surface area contributed by atoms with Gasteiger partial charge >= 0.3 is 0 Å². The molecule has 376 valence electrons. The minimum atomic E-state index is -0.125. The van der Waals surface area contributed by atoms with E-state index in [9.17, 15) is 0 Å². The van der Waals surface area contributed by atoms with Crippen molar-refractivity contribution in [3.8, 4) is 50.6 Å². The van der Waals surface area contributed by atoms with E-state index in [1.165, 1.54) is 66.4 Å². The first-order chi connectivity index (χ1) is 37.9. The van der Waals surface area contributed by atoms with Gasteiger partial charge in [-0.15, -0.1) is 0 Å². The Hall–Kier alpha value is -8.68. The largest absolute Gasteiger partial charge is 0.491 e. The molecule has 10 aromatic carbocycles. The van der Waals surface area contributed by atoms with Gasteiger partial charge in [0.05, 0.1) is 42.1 Å². The first-order valence-electron chi connectivity index (χ1n) is 27.0. The Morgan fingerprint density at radius 1 is 0.416 bits per heavy atom. The summed E-state index contributed by atoms with van der Waals surface area (Å²) in [6.07, 6.45) is 2.10. The molecule has 0 amide bonds. The van der Waals surface area contributed by atoms with Gasteiger partial charge in [0, 0.05) is 64.3 Å². The fourth-order valence-electron chi connectivity index (χ4n) is 12.2. The summed E-state index contributed by atoms with van der Waals surface area (Å²) in [6, 6.07) is 83.2. The third kappa shape index (κ3) is 8.55. The van der Waals surface area contributed by atoms with Gasteiger partial charge in [0.2, 0.25) is 0 Å². The minimum Gasteiger partial charge on any atom is -0.491 e. The molecule has 6 heteroatoms. The lowest BCUT2D eigenvalue weighted by atomic mass is 9.82. The van der Waals surface area contributed by atoms with Gasteiger partial charge in [-0.1, -0.05) is 172 Å². The molecule has 0 aliphatic heterocycles. The Bertz CT molecular complexity index is 3910. The molecule has 0 spiro atoms. The van der Waals surface area contributed by atoms with Crippen molar-refractivity contribution in [3.05, 3.63) is 264 Å². The number of rotatable bonds is 16. The maximum Gasteiger partial charge on any atom is 0.125 e. The highest BCUT2D eigenvalue weighted by molar-refractivity contribution is 6.10. The highest BCUT2D eigenvalue weighted by atomic mass is 16.5. The molecule has 1 heterocycles. The Labute approximate surface area is 450 Å². The van der Waals surface area contributed by atoms with Crippen molar-refractivity contribution < 1.29 is 18.9 Å². The summed E-state index contributed by atoms with van der Waals surface area (Å²) in [7, 11) is 0. The lowest BCUT2D eigenvalue weighted by Gasteiger charge is -2.30. The zero-order valence-electron chi connectivity index (χ0n) is 43.4.